The maximum atomic E-state index is 6.89. The minimum atomic E-state index is 0.830. The van der Waals surface area contributed by atoms with E-state index in [2.05, 4.69) is 301 Å². The van der Waals surface area contributed by atoms with Crippen LogP contribution in [0.1, 0.15) is 0 Å². The van der Waals surface area contributed by atoms with Crippen molar-refractivity contribution in [3.8, 4) is 0 Å². The Morgan fingerprint density at radius 1 is 0.151 bits per heavy atom. The molecule has 0 N–H and O–H groups in total. The van der Waals surface area contributed by atoms with Crippen molar-refractivity contribution in [2.75, 3.05) is 9.80 Å². The molecule has 0 aliphatic heterocycles. The van der Waals surface area contributed by atoms with Gasteiger partial charge in [0, 0.05) is 55.7 Å². The average molecular weight is 1090 g/mol. The Morgan fingerprint density at radius 2 is 0.384 bits per heavy atom. The normalized spacial score (nSPS) is 12.2. The number of anilines is 6. The molecule has 2 aromatic heterocycles. The maximum absolute atomic E-state index is 6.89. The SMILES string of the molecule is c1ccc2c(c1)ccc1ccc(N(c3ccc4cc5c(cc4c3)oc3cc4c(cc35)oc3cc5cc(N(c6ccc7ccc8ccccc8c7c6)c6ccc7ccc8ccccc8c7c6)ccc5cc34)c3ccc4ccc5ccccc5c4c3)cc12. The summed E-state index contributed by atoms with van der Waals surface area (Å²) in [5.74, 6) is 0. The molecule has 0 radical (unpaired) electrons. The van der Waals surface area contributed by atoms with E-state index in [9.17, 15) is 0 Å². The first-order valence-electron chi connectivity index (χ1n) is 29.5. The summed E-state index contributed by atoms with van der Waals surface area (Å²) in [7, 11) is 0. The number of benzene rings is 17. The highest BCUT2D eigenvalue weighted by Crippen LogP contribution is 2.46. The van der Waals surface area contributed by atoms with Crippen LogP contribution < -0.4 is 9.80 Å². The molecule has 86 heavy (non-hydrogen) atoms. The Balaban J connectivity index is 0.728. The average Bonchev–Trinajstić information content (AvgIpc) is 2.20. The summed E-state index contributed by atoms with van der Waals surface area (Å²) in [5, 5.41) is 28.3. The fraction of sp³-hybridized carbons (Fsp3) is 0. The van der Waals surface area contributed by atoms with Crippen molar-refractivity contribution in [2.45, 2.75) is 0 Å². The second-order valence-electron chi connectivity index (χ2n) is 23.2. The highest BCUT2D eigenvalue weighted by Gasteiger charge is 2.21. The molecule has 4 heteroatoms. The zero-order valence-electron chi connectivity index (χ0n) is 46.4. The van der Waals surface area contributed by atoms with Gasteiger partial charge in [-0.15, -0.1) is 0 Å². The van der Waals surface area contributed by atoms with Gasteiger partial charge in [0.15, 0.2) is 0 Å². The fourth-order valence-corrected chi connectivity index (χ4v) is 14.2. The molecular formula is C82H48N2O2. The topological polar surface area (TPSA) is 32.8 Å². The first-order chi connectivity index (χ1) is 42.5. The van der Waals surface area contributed by atoms with Gasteiger partial charge in [-0.2, -0.15) is 0 Å². The highest BCUT2D eigenvalue weighted by molar-refractivity contribution is 6.19. The second kappa shape index (κ2) is 18.0. The molecule has 0 saturated carbocycles. The summed E-state index contributed by atoms with van der Waals surface area (Å²) in [5.41, 5.74) is 9.82. The van der Waals surface area contributed by atoms with Crippen LogP contribution in [0.4, 0.5) is 34.1 Å². The van der Waals surface area contributed by atoms with Gasteiger partial charge in [-0.25, -0.2) is 0 Å². The van der Waals surface area contributed by atoms with Crippen molar-refractivity contribution < 1.29 is 8.83 Å². The van der Waals surface area contributed by atoms with Gasteiger partial charge in [0.1, 0.15) is 22.3 Å². The first kappa shape index (κ1) is 47.1. The van der Waals surface area contributed by atoms with Crippen LogP contribution in [0.5, 0.6) is 0 Å². The Bertz CT molecular complexity index is 5510. The van der Waals surface area contributed by atoms with Crippen molar-refractivity contribution in [3.63, 3.8) is 0 Å². The van der Waals surface area contributed by atoms with E-state index >= 15 is 0 Å². The van der Waals surface area contributed by atoms with Gasteiger partial charge in [0.05, 0.1) is 0 Å². The number of rotatable bonds is 6. The Kier molecular flexibility index (Phi) is 9.86. The van der Waals surface area contributed by atoms with Crippen LogP contribution in [0.15, 0.2) is 300 Å². The van der Waals surface area contributed by atoms with Crippen molar-refractivity contribution in [1.29, 1.82) is 0 Å². The summed E-state index contributed by atoms with van der Waals surface area (Å²) in [6.07, 6.45) is 0. The number of hydrogen-bond donors (Lipinski definition) is 0. The molecule has 17 aromatic carbocycles. The van der Waals surface area contributed by atoms with Crippen molar-refractivity contribution in [3.05, 3.63) is 291 Å². The van der Waals surface area contributed by atoms with E-state index in [-0.39, 0.29) is 0 Å². The van der Waals surface area contributed by atoms with E-state index in [1.165, 1.54) is 86.2 Å². The number of fused-ring (bicyclic) bond motifs is 20. The predicted molar refractivity (Wildman–Crippen MR) is 365 cm³/mol. The third-order valence-corrected chi connectivity index (χ3v) is 18.4. The molecule has 0 atom stereocenters. The lowest BCUT2D eigenvalue weighted by atomic mass is 9.99. The second-order valence-corrected chi connectivity index (χ2v) is 23.2. The smallest absolute Gasteiger partial charge is 0.136 e. The highest BCUT2D eigenvalue weighted by atomic mass is 16.3. The van der Waals surface area contributed by atoms with Gasteiger partial charge in [-0.3, -0.25) is 0 Å². The van der Waals surface area contributed by atoms with Crippen LogP contribution in [-0.2, 0) is 0 Å². The first-order valence-corrected chi connectivity index (χ1v) is 29.5. The van der Waals surface area contributed by atoms with Crippen LogP contribution in [0.2, 0.25) is 0 Å². The summed E-state index contributed by atoms with van der Waals surface area (Å²) >= 11 is 0. The minimum Gasteiger partial charge on any atom is -0.456 e. The molecule has 0 fully saturated rings. The summed E-state index contributed by atoms with van der Waals surface area (Å²) in [6.45, 7) is 0. The van der Waals surface area contributed by atoms with E-state index < -0.39 is 0 Å². The van der Waals surface area contributed by atoms with Crippen LogP contribution in [-0.4, -0.2) is 0 Å². The van der Waals surface area contributed by atoms with Gasteiger partial charge < -0.3 is 18.6 Å². The summed E-state index contributed by atoms with van der Waals surface area (Å²) in [6, 6.07) is 107. The summed E-state index contributed by atoms with van der Waals surface area (Å²) < 4.78 is 13.8. The molecule has 0 bridgehead atoms. The van der Waals surface area contributed by atoms with E-state index in [0.717, 1.165) is 99.5 Å². The van der Waals surface area contributed by atoms with Crippen LogP contribution in [0, 0.1) is 0 Å². The van der Waals surface area contributed by atoms with Gasteiger partial charge in [0.25, 0.3) is 0 Å². The van der Waals surface area contributed by atoms with Crippen LogP contribution >= 0.6 is 0 Å². The third kappa shape index (κ3) is 7.23. The van der Waals surface area contributed by atoms with Gasteiger partial charge in [0.2, 0.25) is 0 Å². The quantitative estimate of drug-likeness (QED) is 0.155. The molecule has 19 aromatic rings. The van der Waals surface area contributed by atoms with Gasteiger partial charge in [-0.05, 0) is 217 Å². The number of hydrogen-bond acceptors (Lipinski definition) is 4. The fourth-order valence-electron chi connectivity index (χ4n) is 14.2. The van der Waals surface area contributed by atoms with Crippen molar-refractivity contribution in [1.82, 2.24) is 0 Å². The lowest BCUT2D eigenvalue weighted by molar-refractivity contribution is 0.664. The molecule has 0 amide bonds. The molecule has 398 valence electrons. The molecule has 2 heterocycles. The van der Waals surface area contributed by atoms with E-state index in [4.69, 9.17) is 8.83 Å². The maximum Gasteiger partial charge on any atom is 0.136 e. The standard InChI is InChI=1S/C82H48N2O2/c1-5-13-67-49(9-1)17-21-53-25-31-63(43-71(53)67)83(64-32-26-54-22-18-50-10-2-6-14-68(50)72(54)44-64)61-35-29-57-39-75-77-47-82-78(48-81(77)85-79(75)41-59(57)37-61)76-40-58-30-36-62(38-60(58)42-80(76)86-82)84(65-33-27-55-23-19-51-11-3-7-15-69(51)73(55)45-65)66-34-28-56-24-20-52-12-4-8-16-70(52)74(56)46-66/h1-48H. The van der Waals surface area contributed by atoms with Gasteiger partial charge >= 0.3 is 0 Å². The lowest BCUT2D eigenvalue weighted by Crippen LogP contribution is -2.10. The molecule has 0 spiro atoms. The largest absolute Gasteiger partial charge is 0.456 e. The molecule has 0 aliphatic rings. The zero-order chi connectivity index (χ0) is 56.1. The zero-order valence-corrected chi connectivity index (χ0v) is 46.4. The molecule has 4 nitrogen and oxygen atoms in total. The number of nitrogens with zero attached hydrogens (tertiary/aromatic N) is 2. The lowest BCUT2D eigenvalue weighted by Gasteiger charge is -2.27. The molecular weight excluding hydrogens is 1040 g/mol. The minimum absolute atomic E-state index is 0.830. The molecule has 0 unspecified atom stereocenters. The van der Waals surface area contributed by atoms with E-state index in [0.29, 0.717) is 0 Å². The van der Waals surface area contributed by atoms with Crippen LogP contribution in [0.25, 0.3) is 152 Å². The van der Waals surface area contributed by atoms with E-state index in [1.807, 2.05) is 0 Å². The molecule has 19 rings (SSSR count). The molecule has 0 aliphatic carbocycles. The van der Waals surface area contributed by atoms with Crippen molar-refractivity contribution in [2.24, 2.45) is 0 Å². The van der Waals surface area contributed by atoms with E-state index in [1.54, 1.807) is 0 Å². The third-order valence-electron chi connectivity index (χ3n) is 18.4. The summed E-state index contributed by atoms with van der Waals surface area (Å²) in [4.78, 5) is 4.81. The van der Waals surface area contributed by atoms with Gasteiger partial charge in [-0.1, -0.05) is 182 Å². The molecule has 0 saturated heterocycles. The Morgan fingerprint density at radius 3 is 0.698 bits per heavy atom. The Hall–Kier alpha value is -11.5. The predicted octanol–water partition coefficient (Wildman–Crippen LogP) is 24.0. The monoisotopic (exact) mass is 1090 g/mol. The number of furan rings is 2. The van der Waals surface area contributed by atoms with Crippen LogP contribution in [0.3, 0.4) is 0 Å². The van der Waals surface area contributed by atoms with Crippen molar-refractivity contribution >= 4 is 186 Å². The Labute approximate surface area is 492 Å².